The van der Waals surface area contributed by atoms with E-state index < -0.39 is 0 Å². The van der Waals surface area contributed by atoms with Gasteiger partial charge in [-0.05, 0) is 49.8 Å². The molecule has 0 atom stereocenters. The van der Waals surface area contributed by atoms with Crippen LogP contribution in [0.25, 0.3) is 0 Å². The average molecular weight is 244 g/mol. The van der Waals surface area contributed by atoms with Crippen molar-refractivity contribution in [3.8, 4) is 0 Å². The zero-order valence-corrected chi connectivity index (χ0v) is 10.9. The maximum absolute atomic E-state index is 12.3. The number of amides is 1. The molecule has 0 saturated heterocycles. The zero-order chi connectivity index (χ0) is 12.6. The van der Waals surface area contributed by atoms with Crippen LogP contribution in [0.1, 0.15) is 48.5 Å². The monoisotopic (exact) mass is 244 g/mol. The van der Waals surface area contributed by atoms with Gasteiger partial charge in [-0.1, -0.05) is 13.0 Å². The highest BCUT2D eigenvalue weighted by atomic mass is 16.1. The molecule has 0 unspecified atom stereocenters. The number of anilines is 1. The first kappa shape index (κ1) is 11.6. The topological polar surface area (TPSA) is 41.1 Å². The van der Waals surface area contributed by atoms with Crippen LogP contribution in [-0.4, -0.2) is 18.0 Å². The third-order valence-electron chi connectivity index (χ3n) is 4.45. The molecule has 2 aliphatic rings. The van der Waals surface area contributed by atoms with E-state index in [4.69, 9.17) is 0 Å². The SMILES string of the molecule is CCC1(NC(=O)c2ccc3c(c2)NCC3)CCC1. The van der Waals surface area contributed by atoms with Gasteiger partial charge in [-0.15, -0.1) is 0 Å². The molecule has 3 nitrogen and oxygen atoms in total. The van der Waals surface area contributed by atoms with Crippen LogP contribution in [0.5, 0.6) is 0 Å². The van der Waals surface area contributed by atoms with Crippen molar-refractivity contribution in [1.82, 2.24) is 5.32 Å². The Kier molecular flexibility index (Phi) is 2.77. The maximum Gasteiger partial charge on any atom is 0.251 e. The Bertz CT molecular complexity index is 472. The molecule has 0 aromatic heterocycles. The minimum Gasteiger partial charge on any atom is -0.384 e. The van der Waals surface area contributed by atoms with Crippen molar-refractivity contribution < 1.29 is 4.79 Å². The van der Waals surface area contributed by atoms with Gasteiger partial charge < -0.3 is 10.6 Å². The molecule has 0 radical (unpaired) electrons. The number of carbonyl (C=O) groups is 1. The third-order valence-corrected chi connectivity index (χ3v) is 4.45. The number of carbonyl (C=O) groups excluding carboxylic acids is 1. The van der Waals surface area contributed by atoms with Gasteiger partial charge in [-0.25, -0.2) is 0 Å². The Morgan fingerprint density at radius 1 is 1.44 bits per heavy atom. The first-order valence-electron chi connectivity index (χ1n) is 6.92. The summed E-state index contributed by atoms with van der Waals surface area (Å²) in [4.78, 5) is 12.3. The van der Waals surface area contributed by atoms with Crippen LogP contribution in [-0.2, 0) is 6.42 Å². The summed E-state index contributed by atoms with van der Waals surface area (Å²) < 4.78 is 0. The number of benzene rings is 1. The fourth-order valence-electron chi connectivity index (χ4n) is 2.92. The van der Waals surface area contributed by atoms with E-state index in [0.717, 1.165) is 43.5 Å². The molecule has 1 aromatic carbocycles. The summed E-state index contributed by atoms with van der Waals surface area (Å²) in [6.07, 6.45) is 5.58. The first-order valence-corrected chi connectivity index (χ1v) is 6.92. The van der Waals surface area contributed by atoms with Crippen LogP contribution in [0, 0.1) is 0 Å². The van der Waals surface area contributed by atoms with Crippen LogP contribution in [0.2, 0.25) is 0 Å². The van der Waals surface area contributed by atoms with Gasteiger partial charge in [0.05, 0.1) is 0 Å². The Morgan fingerprint density at radius 2 is 2.28 bits per heavy atom. The molecular formula is C15H20N2O. The lowest BCUT2D eigenvalue weighted by Gasteiger charge is -2.42. The smallest absolute Gasteiger partial charge is 0.251 e. The van der Waals surface area contributed by atoms with E-state index in [1.807, 2.05) is 12.1 Å². The van der Waals surface area contributed by atoms with E-state index in [0.29, 0.717) is 0 Å². The molecule has 0 spiro atoms. The third kappa shape index (κ3) is 1.88. The van der Waals surface area contributed by atoms with E-state index in [2.05, 4.69) is 23.6 Å². The normalized spacial score (nSPS) is 19.6. The number of rotatable bonds is 3. The number of fused-ring (bicyclic) bond motifs is 1. The van der Waals surface area contributed by atoms with E-state index in [-0.39, 0.29) is 11.4 Å². The predicted molar refractivity (Wildman–Crippen MR) is 73.0 cm³/mol. The molecule has 0 bridgehead atoms. The van der Waals surface area contributed by atoms with Gasteiger partial charge in [0.1, 0.15) is 0 Å². The number of nitrogens with one attached hydrogen (secondary N) is 2. The fraction of sp³-hybridized carbons (Fsp3) is 0.533. The van der Waals surface area contributed by atoms with Crippen molar-refractivity contribution in [1.29, 1.82) is 0 Å². The van der Waals surface area contributed by atoms with Gasteiger partial charge in [-0.3, -0.25) is 4.79 Å². The van der Waals surface area contributed by atoms with E-state index in [9.17, 15) is 4.79 Å². The average Bonchev–Trinajstić information content (AvgIpc) is 2.80. The molecule has 1 aromatic rings. The van der Waals surface area contributed by atoms with Crippen molar-refractivity contribution in [2.24, 2.45) is 0 Å². The summed E-state index contributed by atoms with van der Waals surface area (Å²) in [6, 6.07) is 6.01. The van der Waals surface area contributed by atoms with Gasteiger partial charge in [0.2, 0.25) is 0 Å². The lowest BCUT2D eigenvalue weighted by atomic mass is 9.74. The molecule has 2 N–H and O–H groups in total. The summed E-state index contributed by atoms with van der Waals surface area (Å²) in [5.74, 6) is 0.0769. The highest BCUT2D eigenvalue weighted by Gasteiger charge is 2.36. The lowest BCUT2D eigenvalue weighted by molar-refractivity contribution is 0.0820. The molecule has 3 heteroatoms. The highest BCUT2D eigenvalue weighted by molar-refractivity contribution is 5.96. The van der Waals surface area contributed by atoms with Crippen LogP contribution in [0.15, 0.2) is 18.2 Å². The molecular weight excluding hydrogens is 224 g/mol. The Hall–Kier alpha value is -1.51. The number of hydrogen-bond donors (Lipinski definition) is 2. The van der Waals surface area contributed by atoms with Crippen LogP contribution >= 0.6 is 0 Å². The highest BCUT2D eigenvalue weighted by Crippen LogP contribution is 2.35. The van der Waals surface area contributed by atoms with Crippen molar-refractivity contribution in [2.75, 3.05) is 11.9 Å². The van der Waals surface area contributed by atoms with Gasteiger partial charge in [-0.2, -0.15) is 0 Å². The molecule has 1 amide bonds. The molecule has 1 aliphatic heterocycles. The van der Waals surface area contributed by atoms with Crippen molar-refractivity contribution in [3.63, 3.8) is 0 Å². The largest absolute Gasteiger partial charge is 0.384 e. The Morgan fingerprint density at radius 3 is 2.94 bits per heavy atom. The van der Waals surface area contributed by atoms with Crippen LogP contribution in [0.3, 0.4) is 0 Å². The summed E-state index contributed by atoms with van der Waals surface area (Å²) in [5.41, 5.74) is 3.30. The second-order valence-corrected chi connectivity index (χ2v) is 5.49. The minimum absolute atomic E-state index is 0.0729. The molecule has 18 heavy (non-hydrogen) atoms. The molecule has 1 saturated carbocycles. The summed E-state index contributed by atoms with van der Waals surface area (Å²) in [7, 11) is 0. The molecule has 3 rings (SSSR count). The standard InChI is InChI=1S/C15H20N2O/c1-2-15(7-3-8-15)17-14(18)12-5-4-11-6-9-16-13(11)10-12/h4-5,10,16H,2-3,6-9H2,1H3,(H,17,18). The Balaban J connectivity index is 1.76. The van der Waals surface area contributed by atoms with Gasteiger partial charge in [0.25, 0.3) is 5.91 Å². The van der Waals surface area contributed by atoms with Gasteiger partial charge in [0, 0.05) is 23.3 Å². The molecule has 96 valence electrons. The predicted octanol–water partition coefficient (Wildman–Crippen LogP) is 2.72. The second-order valence-electron chi connectivity index (χ2n) is 5.49. The lowest BCUT2D eigenvalue weighted by Crippen LogP contribution is -2.52. The van der Waals surface area contributed by atoms with E-state index in [1.165, 1.54) is 12.0 Å². The van der Waals surface area contributed by atoms with Gasteiger partial charge in [0.15, 0.2) is 0 Å². The van der Waals surface area contributed by atoms with E-state index >= 15 is 0 Å². The van der Waals surface area contributed by atoms with Crippen LogP contribution in [0.4, 0.5) is 5.69 Å². The molecule has 1 fully saturated rings. The van der Waals surface area contributed by atoms with Crippen molar-refractivity contribution in [2.45, 2.75) is 44.6 Å². The van der Waals surface area contributed by atoms with Crippen molar-refractivity contribution in [3.05, 3.63) is 29.3 Å². The second kappa shape index (κ2) is 4.30. The molecule has 1 heterocycles. The Labute approximate surface area is 108 Å². The summed E-state index contributed by atoms with van der Waals surface area (Å²) in [6.45, 7) is 3.14. The quantitative estimate of drug-likeness (QED) is 0.858. The van der Waals surface area contributed by atoms with E-state index in [1.54, 1.807) is 0 Å². The fourth-order valence-corrected chi connectivity index (χ4v) is 2.92. The summed E-state index contributed by atoms with van der Waals surface area (Å²) >= 11 is 0. The first-order chi connectivity index (χ1) is 8.72. The minimum atomic E-state index is 0.0729. The van der Waals surface area contributed by atoms with Crippen LogP contribution < -0.4 is 10.6 Å². The zero-order valence-electron chi connectivity index (χ0n) is 10.9. The van der Waals surface area contributed by atoms with Gasteiger partial charge >= 0.3 is 0 Å². The number of hydrogen-bond acceptors (Lipinski definition) is 2. The maximum atomic E-state index is 12.3. The summed E-state index contributed by atoms with van der Waals surface area (Å²) in [5, 5.41) is 6.54. The molecule has 1 aliphatic carbocycles. The van der Waals surface area contributed by atoms with Crippen molar-refractivity contribution >= 4 is 11.6 Å².